The average molecular weight is 447 g/mol. The molecule has 0 amide bonds. The van der Waals surface area contributed by atoms with Crippen LogP contribution < -0.4 is 16.0 Å². The van der Waals surface area contributed by atoms with Crippen molar-refractivity contribution in [2.75, 3.05) is 6.61 Å². The number of benzene rings is 1. The molecule has 33 heavy (non-hydrogen) atoms. The predicted molar refractivity (Wildman–Crippen MR) is 123 cm³/mol. The highest BCUT2D eigenvalue weighted by Gasteiger charge is 2.29. The van der Waals surface area contributed by atoms with Crippen LogP contribution in [0.5, 0.6) is 6.01 Å². The molecule has 3 aromatic rings. The van der Waals surface area contributed by atoms with Crippen LogP contribution in [-0.4, -0.2) is 36.0 Å². The number of aliphatic hydroxyl groups is 1. The molecule has 2 aromatic heterocycles. The monoisotopic (exact) mass is 447 g/mol. The molecule has 0 spiro atoms. The van der Waals surface area contributed by atoms with Crippen molar-refractivity contribution >= 4 is 11.2 Å². The van der Waals surface area contributed by atoms with Gasteiger partial charge in [0.15, 0.2) is 11.2 Å². The fraction of sp³-hybridized carbons (Fsp3) is 0.333. The molecule has 2 heterocycles. The minimum atomic E-state index is -0.773. The Hall–Kier alpha value is -3.90. The van der Waals surface area contributed by atoms with E-state index in [4.69, 9.17) is 10.00 Å². The summed E-state index contributed by atoms with van der Waals surface area (Å²) in [5.41, 5.74) is 0.234. The number of nitrogens with zero attached hydrogens (tertiary/aromatic N) is 5. The number of nitriles is 1. The number of aryl methyl sites for hydroxylation is 1. The van der Waals surface area contributed by atoms with E-state index < -0.39 is 16.9 Å². The fourth-order valence-corrected chi connectivity index (χ4v) is 3.85. The molecule has 1 aliphatic rings. The Morgan fingerprint density at radius 3 is 2.64 bits per heavy atom. The van der Waals surface area contributed by atoms with Gasteiger partial charge >= 0.3 is 5.69 Å². The quantitative estimate of drug-likeness (QED) is 0.591. The average Bonchev–Trinajstić information content (AvgIpc) is 3.16. The van der Waals surface area contributed by atoms with Crippen molar-refractivity contribution in [3.8, 4) is 12.1 Å². The van der Waals surface area contributed by atoms with Gasteiger partial charge in [-0.05, 0) is 31.1 Å². The van der Waals surface area contributed by atoms with Crippen molar-refractivity contribution in [3.05, 3.63) is 80.5 Å². The van der Waals surface area contributed by atoms with Crippen LogP contribution in [0.2, 0.25) is 0 Å². The van der Waals surface area contributed by atoms with E-state index in [-0.39, 0.29) is 36.7 Å². The van der Waals surface area contributed by atoms with Gasteiger partial charge in [-0.25, -0.2) is 4.79 Å². The topological polar surface area (TPSA) is 115 Å². The third kappa shape index (κ3) is 4.25. The molecule has 0 radical (unpaired) electrons. The molecule has 1 unspecified atom stereocenters. The molecule has 170 valence electrons. The first-order valence-electron chi connectivity index (χ1n) is 10.7. The lowest BCUT2D eigenvalue weighted by Crippen LogP contribution is -2.40. The van der Waals surface area contributed by atoms with Crippen molar-refractivity contribution < 1.29 is 9.84 Å². The molecule has 0 aliphatic heterocycles. The summed E-state index contributed by atoms with van der Waals surface area (Å²) in [6.45, 7) is 2.17. The molecular weight excluding hydrogens is 422 g/mol. The lowest BCUT2D eigenvalue weighted by Gasteiger charge is -2.28. The van der Waals surface area contributed by atoms with Gasteiger partial charge in [0.05, 0.1) is 12.6 Å². The normalized spacial score (nSPS) is 17.7. The lowest BCUT2D eigenvalue weighted by atomic mass is 9.94. The second-order valence-electron chi connectivity index (χ2n) is 8.24. The van der Waals surface area contributed by atoms with E-state index in [0.717, 1.165) is 10.1 Å². The number of hydrogen-bond donors (Lipinski definition) is 1. The van der Waals surface area contributed by atoms with Gasteiger partial charge in [-0.1, -0.05) is 36.4 Å². The zero-order chi connectivity index (χ0) is 23.6. The van der Waals surface area contributed by atoms with Crippen LogP contribution in [0.3, 0.4) is 0 Å². The fourth-order valence-electron chi connectivity index (χ4n) is 3.85. The Morgan fingerprint density at radius 1 is 1.24 bits per heavy atom. The van der Waals surface area contributed by atoms with Gasteiger partial charge in [0.25, 0.3) is 11.6 Å². The zero-order valence-electron chi connectivity index (χ0n) is 18.6. The third-order valence-electron chi connectivity index (χ3n) is 5.72. The minimum Gasteiger partial charge on any atom is -0.454 e. The number of ether oxygens (including phenoxy) is 1. The van der Waals surface area contributed by atoms with Crippen LogP contribution in [0, 0.1) is 11.3 Å². The predicted octanol–water partition coefficient (Wildman–Crippen LogP) is 1.87. The molecule has 0 fully saturated rings. The SMILES string of the molecule is Cn1c(=O)n(CCCO)c(=O)c2c1nc(OC1(C)C=CC(C#N)=CC1)n2Cc1ccccc1. The van der Waals surface area contributed by atoms with Gasteiger partial charge in [-0.3, -0.25) is 18.5 Å². The summed E-state index contributed by atoms with van der Waals surface area (Å²) in [6.07, 6.45) is 6.04. The first-order chi connectivity index (χ1) is 15.9. The molecule has 1 aliphatic carbocycles. The van der Waals surface area contributed by atoms with E-state index in [1.165, 1.54) is 4.57 Å². The summed E-state index contributed by atoms with van der Waals surface area (Å²) in [4.78, 5) is 30.7. The van der Waals surface area contributed by atoms with E-state index in [1.807, 2.05) is 37.3 Å². The van der Waals surface area contributed by atoms with Gasteiger partial charge in [0.2, 0.25) is 0 Å². The Labute approximate surface area is 190 Å². The molecule has 1 atom stereocenters. The van der Waals surface area contributed by atoms with Crippen molar-refractivity contribution in [1.29, 1.82) is 5.26 Å². The van der Waals surface area contributed by atoms with E-state index in [1.54, 1.807) is 29.8 Å². The van der Waals surface area contributed by atoms with Crippen LogP contribution >= 0.6 is 0 Å². The molecule has 1 N–H and O–H groups in total. The van der Waals surface area contributed by atoms with Crippen LogP contribution in [0.15, 0.2) is 63.7 Å². The van der Waals surface area contributed by atoms with Crippen LogP contribution in [0.1, 0.15) is 25.3 Å². The van der Waals surface area contributed by atoms with Crippen molar-refractivity contribution in [1.82, 2.24) is 18.7 Å². The van der Waals surface area contributed by atoms with Gasteiger partial charge in [-0.15, -0.1) is 0 Å². The maximum absolute atomic E-state index is 13.4. The van der Waals surface area contributed by atoms with Crippen molar-refractivity contribution in [3.63, 3.8) is 0 Å². The highest BCUT2D eigenvalue weighted by molar-refractivity contribution is 5.72. The molecule has 0 saturated carbocycles. The number of hydrogen-bond acceptors (Lipinski definition) is 6. The summed E-state index contributed by atoms with van der Waals surface area (Å²) in [6, 6.07) is 11.9. The van der Waals surface area contributed by atoms with Crippen LogP contribution in [0.25, 0.3) is 11.2 Å². The maximum atomic E-state index is 13.4. The molecule has 9 heteroatoms. The Morgan fingerprint density at radius 2 is 2.00 bits per heavy atom. The molecule has 9 nitrogen and oxygen atoms in total. The number of fused-ring (bicyclic) bond motifs is 1. The van der Waals surface area contributed by atoms with E-state index >= 15 is 0 Å². The van der Waals surface area contributed by atoms with Crippen LogP contribution in [-0.2, 0) is 20.1 Å². The van der Waals surface area contributed by atoms with Gasteiger partial charge < -0.3 is 9.84 Å². The van der Waals surface area contributed by atoms with E-state index in [0.29, 0.717) is 18.5 Å². The van der Waals surface area contributed by atoms with Gasteiger partial charge in [0, 0.05) is 32.2 Å². The standard InChI is InChI=1S/C24H25N5O4/c1-24(11-9-17(15-25)10-12-24)33-22-26-20-19(29(22)16-18-7-4-3-5-8-18)21(31)28(13-6-14-30)23(32)27(20)2/h3-5,7-11,30H,6,12-14,16H2,1-2H3. The minimum absolute atomic E-state index is 0.104. The molecule has 0 bridgehead atoms. The first kappa shape index (κ1) is 22.3. The number of rotatable bonds is 7. The highest BCUT2D eigenvalue weighted by Crippen LogP contribution is 2.29. The lowest BCUT2D eigenvalue weighted by molar-refractivity contribution is 0.123. The molecule has 0 saturated heterocycles. The second-order valence-corrected chi connectivity index (χ2v) is 8.24. The summed E-state index contributed by atoms with van der Waals surface area (Å²) >= 11 is 0. The highest BCUT2D eigenvalue weighted by atomic mass is 16.5. The number of aromatic nitrogens is 4. The summed E-state index contributed by atoms with van der Waals surface area (Å²) in [5.74, 6) is 0. The van der Waals surface area contributed by atoms with E-state index in [9.17, 15) is 14.7 Å². The first-order valence-corrected chi connectivity index (χ1v) is 10.7. The second kappa shape index (κ2) is 8.92. The maximum Gasteiger partial charge on any atom is 0.332 e. The van der Waals surface area contributed by atoms with Crippen molar-refractivity contribution in [2.45, 2.75) is 38.5 Å². The summed E-state index contributed by atoms with van der Waals surface area (Å²) in [5, 5.41) is 18.3. The Balaban J connectivity index is 1.89. The number of allylic oxidation sites excluding steroid dienone is 2. The van der Waals surface area contributed by atoms with E-state index in [2.05, 4.69) is 11.1 Å². The van der Waals surface area contributed by atoms with Gasteiger partial charge in [0.1, 0.15) is 5.60 Å². The Bertz CT molecular complexity index is 1410. The third-order valence-corrected chi connectivity index (χ3v) is 5.72. The summed E-state index contributed by atoms with van der Waals surface area (Å²) < 4.78 is 10.4. The summed E-state index contributed by atoms with van der Waals surface area (Å²) in [7, 11) is 1.56. The smallest absolute Gasteiger partial charge is 0.332 e. The largest absolute Gasteiger partial charge is 0.454 e. The number of imidazole rings is 1. The molecule has 1 aromatic carbocycles. The Kier molecular flexibility index (Phi) is 6.03. The van der Waals surface area contributed by atoms with Crippen molar-refractivity contribution in [2.24, 2.45) is 7.05 Å². The van der Waals surface area contributed by atoms with Crippen LogP contribution in [0.4, 0.5) is 0 Å². The zero-order valence-corrected chi connectivity index (χ0v) is 18.6. The van der Waals surface area contributed by atoms with Gasteiger partial charge in [-0.2, -0.15) is 10.2 Å². The number of aliphatic hydroxyl groups excluding tert-OH is 1. The molecule has 4 rings (SSSR count). The molecular formula is C24H25N5O4.